The van der Waals surface area contributed by atoms with Crippen molar-refractivity contribution in [1.29, 1.82) is 0 Å². The van der Waals surface area contributed by atoms with E-state index >= 15 is 0 Å². The van der Waals surface area contributed by atoms with E-state index in [4.69, 9.17) is 0 Å². The van der Waals surface area contributed by atoms with Crippen LogP contribution in [0.4, 0.5) is 0 Å². The van der Waals surface area contributed by atoms with Crippen molar-refractivity contribution in [2.45, 2.75) is 19.3 Å². The summed E-state index contributed by atoms with van der Waals surface area (Å²) in [6.07, 6.45) is 3.44. The Morgan fingerprint density at radius 1 is 1.33 bits per heavy atom. The average Bonchev–Trinajstić information content (AvgIpc) is 2.12. The standard InChI is InChI=1S/C11H11I/c1-8-10-5-3-2-4-9(10)6-7-11(8)12/h2-5,7-8H,6H2,1H3. The highest BCUT2D eigenvalue weighted by Crippen LogP contribution is 2.35. The molecule has 0 amide bonds. The summed E-state index contributed by atoms with van der Waals surface area (Å²) in [7, 11) is 0. The van der Waals surface area contributed by atoms with Crippen molar-refractivity contribution in [2.75, 3.05) is 0 Å². The van der Waals surface area contributed by atoms with Crippen LogP contribution in [0.1, 0.15) is 24.0 Å². The van der Waals surface area contributed by atoms with E-state index < -0.39 is 0 Å². The van der Waals surface area contributed by atoms with Crippen molar-refractivity contribution in [3.05, 3.63) is 45.0 Å². The predicted molar refractivity (Wildman–Crippen MR) is 60.7 cm³/mol. The van der Waals surface area contributed by atoms with E-state index in [0.29, 0.717) is 5.92 Å². The van der Waals surface area contributed by atoms with Crippen LogP contribution in [0.3, 0.4) is 0 Å². The molecule has 1 aliphatic carbocycles. The largest absolute Gasteiger partial charge is 0.0702 e. The fraction of sp³-hybridized carbons (Fsp3) is 0.273. The molecule has 0 heterocycles. The molecule has 0 radical (unpaired) electrons. The molecule has 0 saturated heterocycles. The van der Waals surface area contributed by atoms with Gasteiger partial charge in [0.2, 0.25) is 0 Å². The molecule has 1 atom stereocenters. The zero-order valence-electron chi connectivity index (χ0n) is 7.05. The summed E-state index contributed by atoms with van der Waals surface area (Å²) >= 11 is 2.44. The van der Waals surface area contributed by atoms with Crippen molar-refractivity contribution in [2.24, 2.45) is 0 Å². The van der Waals surface area contributed by atoms with Crippen LogP contribution < -0.4 is 0 Å². The maximum absolute atomic E-state index is 2.44. The van der Waals surface area contributed by atoms with Gasteiger partial charge in [-0.2, -0.15) is 0 Å². The molecule has 12 heavy (non-hydrogen) atoms. The molecule has 1 aromatic carbocycles. The van der Waals surface area contributed by atoms with Crippen LogP contribution in [-0.4, -0.2) is 0 Å². The number of hydrogen-bond donors (Lipinski definition) is 0. The lowest BCUT2D eigenvalue weighted by molar-refractivity contribution is 0.901. The normalized spacial score (nSPS) is 21.5. The maximum Gasteiger partial charge on any atom is 0.0119 e. The third kappa shape index (κ3) is 1.30. The predicted octanol–water partition coefficient (Wildman–Crippen LogP) is 3.67. The Morgan fingerprint density at radius 3 is 2.92 bits per heavy atom. The third-order valence-electron chi connectivity index (χ3n) is 2.45. The Morgan fingerprint density at radius 2 is 2.08 bits per heavy atom. The summed E-state index contributed by atoms with van der Waals surface area (Å²) in [6, 6.07) is 8.72. The Balaban J connectivity index is 2.49. The Labute approximate surface area is 86.8 Å². The van der Waals surface area contributed by atoms with Crippen molar-refractivity contribution < 1.29 is 0 Å². The van der Waals surface area contributed by atoms with Gasteiger partial charge < -0.3 is 0 Å². The first-order chi connectivity index (χ1) is 5.79. The molecule has 0 aromatic heterocycles. The molecule has 62 valence electrons. The van der Waals surface area contributed by atoms with Gasteiger partial charge in [-0.25, -0.2) is 0 Å². The van der Waals surface area contributed by atoms with E-state index in [-0.39, 0.29) is 0 Å². The molecule has 0 aliphatic heterocycles. The van der Waals surface area contributed by atoms with Crippen LogP contribution in [0.5, 0.6) is 0 Å². The number of hydrogen-bond acceptors (Lipinski definition) is 0. The van der Waals surface area contributed by atoms with Crippen LogP contribution in [0.25, 0.3) is 0 Å². The molecule has 1 heteroatoms. The van der Waals surface area contributed by atoms with Crippen LogP contribution >= 0.6 is 22.6 Å². The Hall–Kier alpha value is -0.310. The topological polar surface area (TPSA) is 0 Å². The van der Waals surface area contributed by atoms with Gasteiger partial charge in [0.25, 0.3) is 0 Å². The van der Waals surface area contributed by atoms with E-state index in [2.05, 4.69) is 59.9 Å². The molecule has 0 spiro atoms. The van der Waals surface area contributed by atoms with Gasteiger partial charge in [-0.05, 0) is 43.7 Å². The highest BCUT2D eigenvalue weighted by molar-refractivity contribution is 14.1. The van der Waals surface area contributed by atoms with Gasteiger partial charge >= 0.3 is 0 Å². The highest BCUT2D eigenvalue weighted by Gasteiger charge is 2.15. The molecule has 2 rings (SSSR count). The first-order valence-electron chi connectivity index (χ1n) is 4.22. The minimum atomic E-state index is 0.607. The van der Waals surface area contributed by atoms with Gasteiger partial charge in [-0.15, -0.1) is 0 Å². The second-order valence-corrected chi connectivity index (χ2v) is 4.46. The van der Waals surface area contributed by atoms with Crippen LogP contribution in [0.2, 0.25) is 0 Å². The molecular weight excluding hydrogens is 259 g/mol. The minimum absolute atomic E-state index is 0.607. The zero-order valence-corrected chi connectivity index (χ0v) is 9.21. The van der Waals surface area contributed by atoms with Crippen molar-refractivity contribution >= 4 is 22.6 Å². The van der Waals surface area contributed by atoms with Crippen LogP contribution in [0, 0.1) is 0 Å². The van der Waals surface area contributed by atoms with Gasteiger partial charge in [-0.1, -0.05) is 37.3 Å². The van der Waals surface area contributed by atoms with E-state index in [1.54, 1.807) is 0 Å². The zero-order chi connectivity index (χ0) is 8.55. The average molecular weight is 270 g/mol. The van der Waals surface area contributed by atoms with Gasteiger partial charge in [0.1, 0.15) is 0 Å². The number of allylic oxidation sites excluding steroid dienone is 2. The Bertz CT molecular complexity index is 326. The van der Waals surface area contributed by atoms with Crippen molar-refractivity contribution in [1.82, 2.24) is 0 Å². The second-order valence-electron chi connectivity index (χ2n) is 3.21. The molecule has 0 bridgehead atoms. The van der Waals surface area contributed by atoms with Crippen LogP contribution in [0.15, 0.2) is 33.9 Å². The lowest BCUT2D eigenvalue weighted by Crippen LogP contribution is -2.03. The molecular formula is C11H11I. The van der Waals surface area contributed by atoms with Crippen LogP contribution in [-0.2, 0) is 6.42 Å². The number of benzene rings is 1. The molecule has 0 saturated carbocycles. The molecule has 1 unspecified atom stereocenters. The summed E-state index contributed by atoms with van der Waals surface area (Å²) in [5, 5.41) is 0. The first-order valence-corrected chi connectivity index (χ1v) is 5.30. The van der Waals surface area contributed by atoms with Gasteiger partial charge in [0.15, 0.2) is 0 Å². The lowest BCUT2D eigenvalue weighted by Gasteiger charge is -2.20. The smallest absolute Gasteiger partial charge is 0.0119 e. The molecule has 0 fully saturated rings. The third-order valence-corrected chi connectivity index (χ3v) is 3.83. The summed E-state index contributed by atoms with van der Waals surface area (Å²) in [5.41, 5.74) is 3.00. The monoisotopic (exact) mass is 270 g/mol. The molecule has 1 aliphatic rings. The summed E-state index contributed by atoms with van der Waals surface area (Å²) in [5.74, 6) is 0.607. The van der Waals surface area contributed by atoms with Gasteiger partial charge in [-0.3, -0.25) is 0 Å². The maximum atomic E-state index is 2.44. The molecule has 1 aromatic rings. The van der Waals surface area contributed by atoms with E-state index in [9.17, 15) is 0 Å². The van der Waals surface area contributed by atoms with Gasteiger partial charge in [0, 0.05) is 5.92 Å². The SMILES string of the molecule is CC1C(I)=CCc2ccccc21. The summed E-state index contributed by atoms with van der Waals surface area (Å²) < 4.78 is 1.48. The lowest BCUT2D eigenvalue weighted by atomic mass is 9.89. The highest BCUT2D eigenvalue weighted by atomic mass is 127. The number of halogens is 1. The molecule has 0 nitrogen and oxygen atoms in total. The Kier molecular flexibility index (Phi) is 2.22. The van der Waals surface area contributed by atoms with Crippen molar-refractivity contribution in [3.63, 3.8) is 0 Å². The van der Waals surface area contributed by atoms with E-state index in [1.807, 2.05) is 0 Å². The quantitative estimate of drug-likeness (QED) is 0.631. The number of fused-ring (bicyclic) bond motifs is 1. The van der Waals surface area contributed by atoms with E-state index in [0.717, 1.165) is 6.42 Å². The minimum Gasteiger partial charge on any atom is -0.0702 e. The fourth-order valence-corrected chi connectivity index (χ4v) is 2.23. The summed E-state index contributed by atoms with van der Waals surface area (Å²) in [4.78, 5) is 0. The summed E-state index contributed by atoms with van der Waals surface area (Å²) in [6.45, 7) is 2.27. The number of rotatable bonds is 0. The van der Waals surface area contributed by atoms with E-state index in [1.165, 1.54) is 14.7 Å². The van der Waals surface area contributed by atoms with Gasteiger partial charge in [0.05, 0.1) is 0 Å². The fourth-order valence-electron chi connectivity index (χ4n) is 1.68. The molecule has 0 N–H and O–H groups in total. The van der Waals surface area contributed by atoms with Crippen molar-refractivity contribution in [3.8, 4) is 0 Å². The first kappa shape index (κ1) is 8.30. The second kappa shape index (κ2) is 3.21.